The molecule has 1 aromatic carbocycles. The van der Waals surface area contributed by atoms with E-state index in [0.717, 1.165) is 18.4 Å². The molecule has 9 heteroatoms. The van der Waals surface area contributed by atoms with Crippen LogP contribution < -0.4 is 5.32 Å². The van der Waals surface area contributed by atoms with Gasteiger partial charge in [-0.1, -0.05) is 25.4 Å². The molecule has 1 aliphatic carbocycles. The predicted molar refractivity (Wildman–Crippen MR) is 107 cm³/mol. The summed E-state index contributed by atoms with van der Waals surface area (Å²) in [4.78, 5) is 28.3. The number of nitrogens with one attached hydrogen (secondary N) is 1. The van der Waals surface area contributed by atoms with Crippen LogP contribution >= 0.6 is 11.6 Å². The van der Waals surface area contributed by atoms with Crippen molar-refractivity contribution in [2.75, 3.05) is 6.67 Å². The zero-order valence-corrected chi connectivity index (χ0v) is 17.2. The number of amides is 3. The van der Waals surface area contributed by atoms with E-state index in [9.17, 15) is 9.59 Å². The van der Waals surface area contributed by atoms with Gasteiger partial charge in [0.1, 0.15) is 6.04 Å². The molecule has 1 saturated heterocycles. The number of hydrogen-bond donors (Lipinski definition) is 1. The van der Waals surface area contributed by atoms with Crippen molar-refractivity contribution in [1.82, 2.24) is 25.3 Å². The first kappa shape index (κ1) is 19.8. The Morgan fingerprint density at radius 2 is 1.97 bits per heavy atom. The van der Waals surface area contributed by atoms with Crippen LogP contribution in [0.25, 0.3) is 11.5 Å². The Morgan fingerprint density at radius 3 is 2.62 bits per heavy atom. The first-order valence-electron chi connectivity index (χ1n) is 9.85. The van der Waals surface area contributed by atoms with Gasteiger partial charge in [0.15, 0.2) is 0 Å². The molecule has 0 spiro atoms. The van der Waals surface area contributed by atoms with Crippen LogP contribution in [0.5, 0.6) is 0 Å². The lowest BCUT2D eigenvalue weighted by molar-refractivity contribution is -0.129. The Hall–Kier alpha value is -2.45. The van der Waals surface area contributed by atoms with Gasteiger partial charge >= 0.3 is 6.03 Å². The maximum atomic E-state index is 12.7. The molecule has 2 heterocycles. The SMILES string of the molecule is CC(C)CC1NC(=O)N(CN(Cc2nnc(-c3ccc(Cl)cc3)o2)C2CC2)C1=O. The summed E-state index contributed by atoms with van der Waals surface area (Å²) in [5.41, 5.74) is 0.789. The van der Waals surface area contributed by atoms with E-state index in [2.05, 4.69) is 15.5 Å². The van der Waals surface area contributed by atoms with E-state index in [4.69, 9.17) is 16.0 Å². The highest BCUT2D eigenvalue weighted by atomic mass is 35.5. The summed E-state index contributed by atoms with van der Waals surface area (Å²) in [5.74, 6) is 1.03. The molecule has 1 N–H and O–H groups in total. The fraction of sp³-hybridized carbons (Fsp3) is 0.500. The van der Waals surface area contributed by atoms with Gasteiger partial charge < -0.3 is 9.73 Å². The number of hydrogen-bond acceptors (Lipinski definition) is 6. The molecule has 0 bridgehead atoms. The maximum Gasteiger partial charge on any atom is 0.325 e. The highest BCUT2D eigenvalue weighted by Crippen LogP contribution is 2.30. The number of halogens is 1. The van der Waals surface area contributed by atoms with Gasteiger partial charge in [-0.15, -0.1) is 10.2 Å². The number of urea groups is 1. The summed E-state index contributed by atoms with van der Waals surface area (Å²) in [6, 6.07) is 6.71. The van der Waals surface area contributed by atoms with E-state index in [1.54, 1.807) is 12.1 Å². The molecular formula is C20H24ClN5O3. The molecule has 4 rings (SSSR count). The molecule has 1 atom stereocenters. The number of carbonyl (C=O) groups excluding carboxylic acids is 2. The van der Waals surface area contributed by atoms with Gasteiger partial charge in [0, 0.05) is 16.6 Å². The summed E-state index contributed by atoms with van der Waals surface area (Å²) < 4.78 is 5.80. The number of carbonyl (C=O) groups is 2. The molecule has 0 radical (unpaired) electrons. The van der Waals surface area contributed by atoms with E-state index >= 15 is 0 Å². The summed E-state index contributed by atoms with van der Waals surface area (Å²) in [6.07, 6.45) is 2.69. The predicted octanol–water partition coefficient (Wildman–Crippen LogP) is 3.28. The molecule has 1 saturated carbocycles. The van der Waals surface area contributed by atoms with Crippen LogP contribution in [0.2, 0.25) is 5.02 Å². The number of imide groups is 1. The van der Waals surface area contributed by atoms with Crippen molar-refractivity contribution in [1.29, 1.82) is 0 Å². The van der Waals surface area contributed by atoms with Gasteiger partial charge in [-0.05, 0) is 49.4 Å². The number of nitrogens with zero attached hydrogens (tertiary/aromatic N) is 4. The maximum absolute atomic E-state index is 12.7. The van der Waals surface area contributed by atoms with Crippen molar-refractivity contribution >= 4 is 23.5 Å². The summed E-state index contributed by atoms with van der Waals surface area (Å²) in [7, 11) is 0. The first-order chi connectivity index (χ1) is 13.9. The van der Waals surface area contributed by atoms with Crippen molar-refractivity contribution in [2.45, 2.75) is 51.7 Å². The van der Waals surface area contributed by atoms with E-state index in [1.165, 1.54) is 4.90 Å². The Labute approximate surface area is 174 Å². The molecule has 1 aromatic heterocycles. The molecular weight excluding hydrogens is 394 g/mol. The molecule has 154 valence electrons. The lowest BCUT2D eigenvalue weighted by Gasteiger charge is -2.24. The molecule has 3 amide bonds. The van der Waals surface area contributed by atoms with Gasteiger partial charge in [-0.3, -0.25) is 9.69 Å². The van der Waals surface area contributed by atoms with Gasteiger partial charge in [-0.2, -0.15) is 0 Å². The molecule has 2 aliphatic rings. The third-order valence-electron chi connectivity index (χ3n) is 5.10. The van der Waals surface area contributed by atoms with Gasteiger partial charge in [0.25, 0.3) is 5.91 Å². The summed E-state index contributed by atoms with van der Waals surface area (Å²) >= 11 is 5.92. The van der Waals surface area contributed by atoms with Crippen LogP contribution in [0.4, 0.5) is 4.79 Å². The molecule has 8 nitrogen and oxygen atoms in total. The van der Waals surface area contributed by atoms with E-state index in [0.29, 0.717) is 41.7 Å². The van der Waals surface area contributed by atoms with Crippen molar-refractivity contribution in [3.8, 4) is 11.5 Å². The Kier molecular flexibility index (Phi) is 5.56. The quantitative estimate of drug-likeness (QED) is 0.663. The van der Waals surface area contributed by atoms with Gasteiger partial charge in [-0.25, -0.2) is 9.69 Å². The Balaban J connectivity index is 1.43. The zero-order chi connectivity index (χ0) is 20.5. The van der Waals surface area contributed by atoms with E-state index in [1.807, 2.05) is 30.9 Å². The van der Waals surface area contributed by atoms with Crippen molar-refractivity contribution < 1.29 is 14.0 Å². The van der Waals surface area contributed by atoms with Gasteiger partial charge in [0.2, 0.25) is 11.8 Å². The van der Waals surface area contributed by atoms with Crippen molar-refractivity contribution in [2.24, 2.45) is 5.92 Å². The smallest absolute Gasteiger partial charge is 0.325 e. The number of aromatic nitrogens is 2. The topological polar surface area (TPSA) is 91.6 Å². The second-order valence-electron chi connectivity index (χ2n) is 8.03. The van der Waals surface area contributed by atoms with Crippen LogP contribution in [0.3, 0.4) is 0 Å². The molecule has 2 aromatic rings. The van der Waals surface area contributed by atoms with Crippen LogP contribution in [0, 0.1) is 5.92 Å². The second-order valence-corrected chi connectivity index (χ2v) is 8.46. The Bertz CT molecular complexity index is 894. The van der Waals surface area contributed by atoms with Crippen LogP contribution in [0.15, 0.2) is 28.7 Å². The number of benzene rings is 1. The highest BCUT2D eigenvalue weighted by Gasteiger charge is 2.41. The summed E-state index contributed by atoms with van der Waals surface area (Å²) in [6.45, 7) is 4.68. The average Bonchev–Trinajstić information content (AvgIpc) is 3.37. The standard InChI is InChI=1S/C20H24ClN5O3/c1-12(2)9-16-19(27)26(20(28)22-16)11-25(15-7-8-15)10-17-23-24-18(29-17)13-3-5-14(21)6-4-13/h3-6,12,15-16H,7-11H2,1-2H3,(H,22,28). The lowest BCUT2D eigenvalue weighted by Crippen LogP contribution is -2.42. The molecule has 1 aliphatic heterocycles. The second kappa shape index (κ2) is 8.12. The normalized spacial score (nSPS) is 19.5. The fourth-order valence-electron chi connectivity index (χ4n) is 3.46. The zero-order valence-electron chi connectivity index (χ0n) is 16.5. The van der Waals surface area contributed by atoms with Gasteiger partial charge in [0.05, 0.1) is 13.2 Å². The van der Waals surface area contributed by atoms with Crippen LogP contribution in [-0.4, -0.2) is 50.7 Å². The first-order valence-corrected chi connectivity index (χ1v) is 10.2. The van der Waals surface area contributed by atoms with E-state index < -0.39 is 6.04 Å². The summed E-state index contributed by atoms with van der Waals surface area (Å²) in [5, 5.41) is 11.7. The van der Waals surface area contributed by atoms with E-state index in [-0.39, 0.29) is 18.6 Å². The molecule has 2 fully saturated rings. The van der Waals surface area contributed by atoms with Crippen molar-refractivity contribution in [3.05, 3.63) is 35.2 Å². The molecule has 29 heavy (non-hydrogen) atoms. The van der Waals surface area contributed by atoms with Crippen LogP contribution in [0.1, 0.15) is 39.0 Å². The van der Waals surface area contributed by atoms with Crippen LogP contribution in [-0.2, 0) is 11.3 Å². The Morgan fingerprint density at radius 1 is 1.24 bits per heavy atom. The minimum Gasteiger partial charge on any atom is -0.419 e. The monoisotopic (exact) mass is 417 g/mol. The minimum atomic E-state index is -0.441. The highest BCUT2D eigenvalue weighted by molar-refractivity contribution is 6.30. The minimum absolute atomic E-state index is 0.165. The third kappa shape index (κ3) is 4.59. The third-order valence-corrected chi connectivity index (χ3v) is 5.35. The lowest BCUT2D eigenvalue weighted by atomic mass is 10.0. The number of rotatable bonds is 8. The fourth-order valence-corrected chi connectivity index (χ4v) is 3.58. The van der Waals surface area contributed by atoms with Crippen molar-refractivity contribution in [3.63, 3.8) is 0 Å². The molecule has 1 unspecified atom stereocenters. The largest absolute Gasteiger partial charge is 0.419 e. The average molecular weight is 418 g/mol.